The van der Waals surface area contributed by atoms with Crippen LogP contribution in [0.4, 0.5) is 0 Å². The Balaban J connectivity index is 1.70. The van der Waals surface area contributed by atoms with Crippen LogP contribution < -0.4 is 5.32 Å². The van der Waals surface area contributed by atoms with E-state index in [4.69, 9.17) is 4.99 Å². The van der Waals surface area contributed by atoms with Gasteiger partial charge in [0.2, 0.25) is 5.91 Å². The summed E-state index contributed by atoms with van der Waals surface area (Å²) >= 11 is 1.63. The van der Waals surface area contributed by atoms with Gasteiger partial charge in [0.1, 0.15) is 0 Å². The number of fused-ring (bicyclic) bond motifs is 2. The normalized spacial score (nSPS) is 41.7. The molecule has 0 radical (unpaired) electrons. The first-order valence-electron chi connectivity index (χ1n) is 6.99. The van der Waals surface area contributed by atoms with E-state index in [0.29, 0.717) is 6.04 Å². The summed E-state index contributed by atoms with van der Waals surface area (Å²) in [5.41, 5.74) is 0.000695. The van der Waals surface area contributed by atoms with Crippen LogP contribution in [0.1, 0.15) is 46.5 Å². The van der Waals surface area contributed by atoms with Crippen LogP contribution in [-0.2, 0) is 4.79 Å². The fourth-order valence-electron chi connectivity index (χ4n) is 3.52. The number of thioether (sulfide) groups is 1. The molecule has 4 atom stereocenters. The molecule has 1 aliphatic heterocycles. The first-order chi connectivity index (χ1) is 8.43. The van der Waals surface area contributed by atoms with E-state index in [1.165, 1.54) is 25.7 Å². The van der Waals surface area contributed by atoms with Crippen LogP contribution in [0.15, 0.2) is 4.99 Å². The highest BCUT2D eigenvalue weighted by molar-refractivity contribution is 8.15. The molecule has 0 aromatic rings. The quantitative estimate of drug-likeness (QED) is 0.793. The average molecular weight is 266 g/mol. The molecule has 2 bridgehead atoms. The minimum atomic E-state index is 0.000695. The maximum Gasteiger partial charge on any atom is 0.240 e. The number of hydrogen-bond acceptors (Lipinski definition) is 3. The molecule has 18 heavy (non-hydrogen) atoms. The lowest BCUT2D eigenvalue weighted by Gasteiger charge is -2.22. The van der Waals surface area contributed by atoms with Crippen LogP contribution >= 0.6 is 11.8 Å². The zero-order valence-corrected chi connectivity index (χ0v) is 12.2. The van der Waals surface area contributed by atoms with Crippen molar-refractivity contribution >= 4 is 22.8 Å². The Kier molecular flexibility index (Phi) is 2.96. The first-order valence-corrected chi connectivity index (χ1v) is 7.87. The first kappa shape index (κ1) is 12.5. The molecule has 4 heteroatoms. The lowest BCUT2D eigenvalue weighted by molar-refractivity contribution is -0.120. The van der Waals surface area contributed by atoms with E-state index < -0.39 is 0 Å². The zero-order chi connectivity index (χ0) is 12.9. The minimum absolute atomic E-state index is 0.000695. The second kappa shape index (κ2) is 4.26. The number of rotatable bonds is 1. The zero-order valence-electron chi connectivity index (χ0n) is 11.4. The largest absolute Gasteiger partial charge is 0.304 e. The van der Waals surface area contributed by atoms with E-state index in [1.54, 1.807) is 11.8 Å². The summed E-state index contributed by atoms with van der Waals surface area (Å²) in [6.45, 7) is 6.35. The number of amides is 1. The monoisotopic (exact) mass is 266 g/mol. The van der Waals surface area contributed by atoms with Crippen molar-refractivity contribution < 1.29 is 4.79 Å². The van der Waals surface area contributed by atoms with Gasteiger partial charge in [-0.3, -0.25) is 9.79 Å². The highest BCUT2D eigenvalue weighted by atomic mass is 32.2. The van der Waals surface area contributed by atoms with E-state index in [0.717, 1.165) is 17.0 Å². The van der Waals surface area contributed by atoms with E-state index >= 15 is 0 Å². The number of carbonyl (C=O) groups is 1. The molecule has 1 heterocycles. The summed E-state index contributed by atoms with van der Waals surface area (Å²) in [6.07, 6.45) is 5.34. The highest BCUT2D eigenvalue weighted by Gasteiger charge is 2.42. The second-order valence-corrected chi connectivity index (χ2v) is 8.12. The molecule has 1 N–H and O–H groups in total. The van der Waals surface area contributed by atoms with Gasteiger partial charge in [0, 0.05) is 0 Å². The van der Waals surface area contributed by atoms with Crippen LogP contribution in [0.25, 0.3) is 0 Å². The molecular formula is C14H22N2OS. The van der Waals surface area contributed by atoms with Crippen molar-refractivity contribution in [3.8, 4) is 0 Å². The van der Waals surface area contributed by atoms with Crippen LogP contribution in [0.2, 0.25) is 0 Å². The topological polar surface area (TPSA) is 41.5 Å². The van der Waals surface area contributed by atoms with Gasteiger partial charge in [-0.15, -0.1) is 0 Å². The molecule has 3 nitrogen and oxygen atoms in total. The Morgan fingerprint density at radius 3 is 2.56 bits per heavy atom. The lowest BCUT2D eigenvalue weighted by Crippen LogP contribution is -2.33. The summed E-state index contributed by atoms with van der Waals surface area (Å²) in [5.74, 6) is 1.83. The lowest BCUT2D eigenvalue weighted by atomic mass is 9.91. The van der Waals surface area contributed by atoms with Gasteiger partial charge in [-0.05, 0) is 36.5 Å². The van der Waals surface area contributed by atoms with E-state index in [-0.39, 0.29) is 16.6 Å². The third-order valence-electron chi connectivity index (χ3n) is 4.47. The Bertz CT molecular complexity index is 399. The number of amidine groups is 1. The highest BCUT2D eigenvalue weighted by Crippen LogP contribution is 2.46. The second-order valence-electron chi connectivity index (χ2n) is 7.03. The molecule has 1 unspecified atom stereocenters. The maximum atomic E-state index is 12.0. The molecule has 0 aromatic carbocycles. The number of carbonyl (C=O) groups excluding carboxylic acids is 1. The molecule has 0 aromatic heterocycles. The number of aliphatic imine (C=N–C) groups is 1. The predicted octanol–water partition coefficient (Wildman–Crippen LogP) is 2.81. The third-order valence-corrected chi connectivity index (χ3v) is 6.06. The molecule has 3 rings (SSSR count). The van der Waals surface area contributed by atoms with Crippen LogP contribution in [-0.4, -0.2) is 22.4 Å². The molecule has 100 valence electrons. The van der Waals surface area contributed by atoms with Gasteiger partial charge in [-0.2, -0.15) is 0 Å². The molecule has 2 saturated carbocycles. The van der Waals surface area contributed by atoms with Crippen molar-refractivity contribution in [3.05, 3.63) is 0 Å². The molecule has 1 saturated heterocycles. The number of nitrogens with one attached hydrogen (secondary N) is 1. The molecule has 1 amide bonds. The van der Waals surface area contributed by atoms with Gasteiger partial charge in [0.05, 0.1) is 11.3 Å². The number of nitrogens with zero attached hydrogens (tertiary/aromatic N) is 1. The molecule has 0 spiro atoms. The van der Waals surface area contributed by atoms with Gasteiger partial charge >= 0.3 is 0 Å². The van der Waals surface area contributed by atoms with Crippen LogP contribution in [0.3, 0.4) is 0 Å². The van der Waals surface area contributed by atoms with Crippen molar-refractivity contribution in [1.29, 1.82) is 0 Å². The van der Waals surface area contributed by atoms with E-state index in [2.05, 4.69) is 26.1 Å². The van der Waals surface area contributed by atoms with Crippen LogP contribution in [0.5, 0.6) is 0 Å². The smallest absolute Gasteiger partial charge is 0.240 e. The third kappa shape index (κ3) is 2.20. The molecule has 2 aliphatic carbocycles. The fourth-order valence-corrected chi connectivity index (χ4v) is 4.62. The summed E-state index contributed by atoms with van der Waals surface area (Å²) in [4.78, 5) is 16.8. The predicted molar refractivity (Wildman–Crippen MR) is 75.6 cm³/mol. The van der Waals surface area contributed by atoms with E-state index in [9.17, 15) is 4.79 Å². The van der Waals surface area contributed by atoms with Gasteiger partial charge in [-0.1, -0.05) is 39.0 Å². The van der Waals surface area contributed by atoms with Crippen molar-refractivity contribution in [2.24, 2.45) is 22.2 Å². The fraction of sp³-hybridized carbons (Fsp3) is 0.857. The minimum Gasteiger partial charge on any atom is -0.304 e. The average Bonchev–Trinajstić information content (AvgIpc) is 2.92. The van der Waals surface area contributed by atoms with Gasteiger partial charge in [0.15, 0.2) is 5.17 Å². The summed E-state index contributed by atoms with van der Waals surface area (Å²) in [7, 11) is 0. The maximum absolute atomic E-state index is 12.0. The molecule has 3 fully saturated rings. The van der Waals surface area contributed by atoms with Crippen molar-refractivity contribution in [2.75, 3.05) is 0 Å². The summed E-state index contributed by atoms with van der Waals surface area (Å²) in [6, 6.07) is 0.477. The van der Waals surface area contributed by atoms with Gasteiger partial charge in [0.25, 0.3) is 0 Å². The van der Waals surface area contributed by atoms with Crippen LogP contribution in [0, 0.1) is 17.3 Å². The molecule has 3 aliphatic rings. The molecular weight excluding hydrogens is 244 g/mol. The summed E-state index contributed by atoms with van der Waals surface area (Å²) in [5, 5.41) is 3.85. The summed E-state index contributed by atoms with van der Waals surface area (Å²) < 4.78 is 0. The van der Waals surface area contributed by atoms with Crippen molar-refractivity contribution in [1.82, 2.24) is 5.32 Å². The van der Waals surface area contributed by atoms with Gasteiger partial charge in [-0.25, -0.2) is 0 Å². The Morgan fingerprint density at radius 1 is 1.28 bits per heavy atom. The SMILES string of the molecule is CC(C)(C)C1SC(=N[C@H]2C[C@@H]3CC[C@H]2C3)NC1=O. The standard InChI is InChI=1S/C14H22N2OS/c1-14(2,3)11-12(17)16-13(18-11)15-10-7-8-4-5-9(10)6-8/h8-11H,4-7H2,1-3H3,(H,15,16,17)/t8-,9+,10+,11?/m1/s1. The number of hydrogen-bond donors (Lipinski definition) is 1. The van der Waals surface area contributed by atoms with Crippen molar-refractivity contribution in [3.63, 3.8) is 0 Å². The van der Waals surface area contributed by atoms with E-state index in [1.807, 2.05) is 0 Å². The Hall–Kier alpha value is -0.510. The Morgan fingerprint density at radius 2 is 2.06 bits per heavy atom. The Labute approximate surface area is 113 Å². The van der Waals surface area contributed by atoms with Crippen molar-refractivity contribution in [2.45, 2.75) is 57.7 Å². The van der Waals surface area contributed by atoms with Gasteiger partial charge < -0.3 is 5.32 Å².